The summed E-state index contributed by atoms with van der Waals surface area (Å²) in [5, 5.41) is 6.80. The molecule has 0 aromatic heterocycles. The Balaban J connectivity index is 2.01. The van der Waals surface area contributed by atoms with Crippen LogP contribution in [0.2, 0.25) is 15.1 Å². The Morgan fingerprint density at radius 3 is 2.15 bits per heavy atom. The average Bonchev–Trinajstić information content (AvgIpc) is 2.59. The van der Waals surface area contributed by atoms with E-state index in [4.69, 9.17) is 56.5 Å². The average molecular weight is 434 g/mol. The third kappa shape index (κ3) is 5.38. The third-order valence-electron chi connectivity index (χ3n) is 3.34. The maximum atomic E-state index is 12.2. The monoisotopic (exact) mass is 432 g/mol. The van der Waals surface area contributed by atoms with Crippen molar-refractivity contribution in [2.45, 2.75) is 6.54 Å². The summed E-state index contributed by atoms with van der Waals surface area (Å²) in [5.74, 6) is 0.637. The molecule has 2 rings (SSSR count). The Hall–Kier alpha value is -1.73. The van der Waals surface area contributed by atoms with Gasteiger partial charge in [0.25, 0.3) is 5.91 Å². The maximum Gasteiger partial charge on any atom is 0.257 e. The summed E-state index contributed by atoms with van der Waals surface area (Å²) in [6, 6.07) is 7.91. The van der Waals surface area contributed by atoms with Crippen molar-refractivity contribution in [2.75, 3.05) is 14.2 Å². The number of ether oxygens (including phenoxy) is 2. The second-order valence-electron chi connectivity index (χ2n) is 5.09. The molecule has 5 nitrogen and oxygen atoms in total. The van der Waals surface area contributed by atoms with E-state index in [0.717, 1.165) is 5.56 Å². The maximum absolute atomic E-state index is 12.2. The molecule has 0 fully saturated rings. The predicted octanol–water partition coefficient (Wildman–Crippen LogP) is 4.47. The van der Waals surface area contributed by atoms with Gasteiger partial charge in [0.05, 0.1) is 14.2 Å². The van der Waals surface area contributed by atoms with Crippen molar-refractivity contribution in [1.29, 1.82) is 0 Å². The van der Waals surface area contributed by atoms with Crippen molar-refractivity contribution in [3.8, 4) is 11.5 Å². The molecular weight excluding hydrogens is 419 g/mol. The Morgan fingerprint density at radius 2 is 1.58 bits per heavy atom. The summed E-state index contributed by atoms with van der Waals surface area (Å²) in [7, 11) is 3.06. The molecule has 2 aromatic rings. The normalized spacial score (nSPS) is 10.2. The molecule has 138 valence electrons. The van der Waals surface area contributed by atoms with Crippen LogP contribution in [0.25, 0.3) is 0 Å². The quantitative estimate of drug-likeness (QED) is 0.681. The van der Waals surface area contributed by atoms with Crippen LogP contribution in [-0.2, 0) is 6.54 Å². The molecule has 0 heterocycles. The van der Waals surface area contributed by atoms with E-state index in [1.165, 1.54) is 32.4 Å². The van der Waals surface area contributed by atoms with Gasteiger partial charge in [0.2, 0.25) is 0 Å². The van der Waals surface area contributed by atoms with Crippen LogP contribution in [0.3, 0.4) is 0 Å². The zero-order valence-corrected chi connectivity index (χ0v) is 16.9. The van der Waals surface area contributed by atoms with E-state index in [1.807, 2.05) is 0 Å². The highest BCUT2D eigenvalue weighted by Gasteiger charge is 2.12. The molecule has 2 N–H and O–H groups in total. The van der Waals surface area contributed by atoms with Crippen molar-refractivity contribution < 1.29 is 14.3 Å². The number of methoxy groups -OCH3 is 2. The number of carbonyl (C=O) groups excluding carboxylic acids is 1. The van der Waals surface area contributed by atoms with Crippen LogP contribution >= 0.6 is 47.0 Å². The van der Waals surface area contributed by atoms with Crippen molar-refractivity contribution in [1.82, 2.24) is 10.6 Å². The number of hydrogen-bond donors (Lipinski definition) is 2. The molecule has 0 radical (unpaired) electrons. The highest BCUT2D eigenvalue weighted by molar-refractivity contribution is 7.80. The van der Waals surface area contributed by atoms with Crippen LogP contribution in [0.15, 0.2) is 30.3 Å². The smallest absolute Gasteiger partial charge is 0.257 e. The van der Waals surface area contributed by atoms with E-state index < -0.39 is 5.91 Å². The van der Waals surface area contributed by atoms with E-state index in [2.05, 4.69) is 10.6 Å². The van der Waals surface area contributed by atoms with Gasteiger partial charge < -0.3 is 14.8 Å². The van der Waals surface area contributed by atoms with Crippen molar-refractivity contribution in [3.63, 3.8) is 0 Å². The lowest BCUT2D eigenvalue weighted by atomic mass is 10.2. The second kappa shape index (κ2) is 9.28. The molecule has 1 amide bonds. The number of amides is 1. The first-order valence-electron chi connectivity index (χ1n) is 7.29. The summed E-state index contributed by atoms with van der Waals surface area (Å²) in [5.41, 5.74) is 1.03. The van der Waals surface area contributed by atoms with Crippen LogP contribution < -0.4 is 20.1 Å². The molecule has 0 bridgehead atoms. The molecule has 0 spiro atoms. The van der Waals surface area contributed by atoms with E-state index in [0.29, 0.717) is 32.1 Å². The van der Waals surface area contributed by atoms with E-state index >= 15 is 0 Å². The second-order valence-corrected chi connectivity index (χ2v) is 6.78. The number of nitrogens with one attached hydrogen (secondary N) is 2. The summed E-state index contributed by atoms with van der Waals surface area (Å²) in [6.07, 6.45) is 0. The minimum atomic E-state index is -0.426. The largest absolute Gasteiger partial charge is 0.493 e. The molecule has 0 saturated carbocycles. The molecule has 0 aliphatic carbocycles. The first kappa shape index (κ1) is 20.6. The molecule has 0 saturated heterocycles. The van der Waals surface area contributed by atoms with Gasteiger partial charge in [-0.05, 0) is 42.0 Å². The number of hydrogen-bond acceptors (Lipinski definition) is 4. The van der Waals surface area contributed by atoms with Crippen LogP contribution in [0.5, 0.6) is 11.5 Å². The summed E-state index contributed by atoms with van der Waals surface area (Å²) in [4.78, 5) is 12.2. The first-order valence-corrected chi connectivity index (χ1v) is 8.84. The van der Waals surface area contributed by atoms with Gasteiger partial charge in [0, 0.05) is 33.2 Å². The number of rotatable bonds is 5. The first-order chi connectivity index (χ1) is 12.3. The van der Waals surface area contributed by atoms with Gasteiger partial charge in [-0.3, -0.25) is 10.1 Å². The lowest BCUT2D eigenvalue weighted by molar-refractivity contribution is 0.0976. The lowest BCUT2D eigenvalue weighted by Gasteiger charge is -2.14. The highest BCUT2D eigenvalue weighted by atomic mass is 35.5. The summed E-state index contributed by atoms with van der Waals surface area (Å²) in [6.45, 7) is 0.286. The molecular formula is C17H15Cl3N2O3S. The molecule has 0 atom stereocenters. The molecule has 0 aliphatic heterocycles. The van der Waals surface area contributed by atoms with Crippen molar-refractivity contribution >= 4 is 58.0 Å². The highest BCUT2D eigenvalue weighted by Crippen LogP contribution is 2.32. The van der Waals surface area contributed by atoms with Gasteiger partial charge in [-0.2, -0.15) is 0 Å². The van der Waals surface area contributed by atoms with E-state index in [9.17, 15) is 4.79 Å². The fourth-order valence-corrected chi connectivity index (χ4v) is 3.02. The number of thiocarbonyl (C=S) groups is 1. The fraction of sp³-hybridized carbons (Fsp3) is 0.176. The van der Waals surface area contributed by atoms with Gasteiger partial charge in [-0.1, -0.05) is 34.8 Å². The zero-order chi connectivity index (χ0) is 19.3. The molecule has 0 unspecified atom stereocenters. The number of halogens is 3. The topological polar surface area (TPSA) is 59.6 Å². The Bertz CT molecular complexity index is 826. The van der Waals surface area contributed by atoms with E-state index in [-0.39, 0.29) is 11.7 Å². The number of benzene rings is 2. The van der Waals surface area contributed by atoms with E-state index in [1.54, 1.807) is 12.1 Å². The van der Waals surface area contributed by atoms with Crippen LogP contribution in [0, 0.1) is 0 Å². The Labute approximate surface area is 171 Å². The van der Waals surface area contributed by atoms with Crippen LogP contribution in [0.1, 0.15) is 15.9 Å². The minimum absolute atomic E-state index is 0.136. The van der Waals surface area contributed by atoms with Crippen LogP contribution in [0.4, 0.5) is 0 Å². The zero-order valence-electron chi connectivity index (χ0n) is 13.9. The van der Waals surface area contributed by atoms with Gasteiger partial charge in [0.15, 0.2) is 16.6 Å². The fourth-order valence-electron chi connectivity index (χ4n) is 2.11. The van der Waals surface area contributed by atoms with Crippen molar-refractivity contribution in [2.24, 2.45) is 0 Å². The summed E-state index contributed by atoms with van der Waals surface area (Å²) < 4.78 is 10.4. The van der Waals surface area contributed by atoms with Gasteiger partial charge in [0.1, 0.15) is 0 Å². The van der Waals surface area contributed by atoms with Crippen molar-refractivity contribution in [3.05, 3.63) is 56.5 Å². The minimum Gasteiger partial charge on any atom is -0.493 e. The van der Waals surface area contributed by atoms with Crippen LogP contribution in [-0.4, -0.2) is 25.2 Å². The Morgan fingerprint density at radius 1 is 1.00 bits per heavy atom. The molecule has 2 aromatic carbocycles. The number of carbonyl (C=O) groups is 1. The lowest BCUT2D eigenvalue weighted by Crippen LogP contribution is -2.38. The van der Waals surface area contributed by atoms with Gasteiger partial charge in [-0.25, -0.2) is 0 Å². The van der Waals surface area contributed by atoms with Gasteiger partial charge in [-0.15, -0.1) is 0 Å². The third-order valence-corrected chi connectivity index (χ3v) is 4.38. The molecule has 9 heteroatoms. The molecule has 26 heavy (non-hydrogen) atoms. The SMILES string of the molecule is COc1cc(Cl)c(CNC(=S)NC(=O)c2cc(Cl)cc(Cl)c2)cc1OC. The predicted molar refractivity (Wildman–Crippen MR) is 108 cm³/mol. The van der Waals surface area contributed by atoms with Gasteiger partial charge >= 0.3 is 0 Å². The molecule has 0 aliphatic rings. The summed E-state index contributed by atoms with van der Waals surface area (Å²) >= 11 is 23.1. The Kier molecular flexibility index (Phi) is 7.34. The standard InChI is InChI=1S/C17H15Cl3N2O3S/c1-24-14-5-10(13(20)7-15(14)25-2)8-21-17(26)22-16(23)9-3-11(18)6-12(19)4-9/h3-7H,8H2,1-2H3,(H2,21,22,23,26).